The molecule has 0 radical (unpaired) electrons. The van der Waals surface area contributed by atoms with Gasteiger partial charge in [0.25, 0.3) is 5.56 Å². The second-order valence-corrected chi connectivity index (χ2v) is 3.41. The van der Waals surface area contributed by atoms with E-state index in [4.69, 9.17) is 10.2 Å². The van der Waals surface area contributed by atoms with Crippen LogP contribution in [0.15, 0.2) is 10.9 Å². The second kappa shape index (κ2) is 5.15. The number of aromatic nitrogens is 2. The van der Waals surface area contributed by atoms with Crippen molar-refractivity contribution >= 4 is 11.9 Å². The van der Waals surface area contributed by atoms with Gasteiger partial charge < -0.3 is 15.3 Å². The smallest absolute Gasteiger partial charge is 0.317 e. The van der Waals surface area contributed by atoms with Gasteiger partial charge in [0.05, 0.1) is 0 Å². The molecule has 0 spiro atoms. The fraction of sp³-hybridized carbons (Fsp3) is 0.444. The van der Waals surface area contributed by atoms with E-state index in [2.05, 4.69) is 10.2 Å². The van der Waals surface area contributed by atoms with Gasteiger partial charge >= 0.3 is 11.9 Å². The third-order valence-electron chi connectivity index (χ3n) is 2.19. The maximum atomic E-state index is 10.7. The molecule has 1 rings (SSSR count). The molecule has 1 aromatic rings. The van der Waals surface area contributed by atoms with E-state index in [-0.39, 0.29) is 12.0 Å². The van der Waals surface area contributed by atoms with Crippen molar-refractivity contribution < 1.29 is 19.8 Å². The Balaban J connectivity index is 2.42. The normalized spacial score (nSPS) is 10.6. The Morgan fingerprint density at radius 1 is 1.25 bits per heavy atom. The minimum absolute atomic E-state index is 0.0396. The molecule has 0 aliphatic heterocycles. The van der Waals surface area contributed by atoms with Gasteiger partial charge in [-0.05, 0) is 19.3 Å². The molecule has 7 nitrogen and oxygen atoms in total. The van der Waals surface area contributed by atoms with Crippen molar-refractivity contribution in [3.63, 3.8) is 0 Å². The lowest BCUT2D eigenvalue weighted by Gasteiger charge is -2.05. The van der Waals surface area contributed by atoms with E-state index < -0.39 is 17.9 Å². The van der Waals surface area contributed by atoms with Crippen molar-refractivity contribution in [3.05, 3.63) is 22.1 Å². The first-order chi connectivity index (χ1) is 7.50. The lowest BCUT2D eigenvalue weighted by atomic mass is 10.0. The van der Waals surface area contributed by atoms with Gasteiger partial charge in [-0.1, -0.05) is 0 Å². The Labute approximate surface area is 90.1 Å². The Bertz CT molecular complexity index is 419. The number of nitrogens with one attached hydrogen (secondary N) is 2. The first-order valence-corrected chi connectivity index (χ1v) is 4.73. The average molecular weight is 228 g/mol. The summed E-state index contributed by atoms with van der Waals surface area (Å²) in [4.78, 5) is 31.8. The highest BCUT2D eigenvalue weighted by Gasteiger charge is 2.24. The number of aryl methyl sites for hydroxylation is 1. The topological polar surface area (TPSA) is 123 Å². The van der Waals surface area contributed by atoms with Gasteiger partial charge in [0.1, 0.15) is 0 Å². The van der Waals surface area contributed by atoms with E-state index in [1.165, 1.54) is 6.07 Å². The zero-order chi connectivity index (χ0) is 12.1. The van der Waals surface area contributed by atoms with E-state index in [0.717, 1.165) is 0 Å². The lowest BCUT2D eigenvalue weighted by molar-refractivity contribution is -0.154. The minimum Gasteiger partial charge on any atom is -0.481 e. The van der Waals surface area contributed by atoms with Crippen LogP contribution in [0.1, 0.15) is 18.5 Å². The molecule has 1 heterocycles. The molecule has 0 fully saturated rings. The van der Waals surface area contributed by atoms with Crippen LogP contribution in [-0.4, -0.2) is 32.3 Å². The van der Waals surface area contributed by atoms with Crippen LogP contribution < -0.4 is 5.56 Å². The van der Waals surface area contributed by atoms with Crippen molar-refractivity contribution in [2.75, 3.05) is 0 Å². The predicted octanol–water partition coefficient (Wildman–Crippen LogP) is -0.189. The standard InChI is InChI=1S/C9H12N2O5/c12-7-4-5(10-11-7)2-1-3-6(8(13)14)9(15)16/h4,6H,1-3H2,(H,13,14)(H,15,16)(H2,10,11,12). The highest BCUT2D eigenvalue weighted by atomic mass is 16.4. The number of rotatable bonds is 6. The largest absolute Gasteiger partial charge is 0.481 e. The summed E-state index contributed by atoms with van der Waals surface area (Å²) in [5, 5.41) is 22.1. The van der Waals surface area contributed by atoms with Crippen molar-refractivity contribution in [1.82, 2.24) is 10.2 Å². The van der Waals surface area contributed by atoms with E-state index in [1.54, 1.807) is 0 Å². The van der Waals surface area contributed by atoms with Crippen LogP contribution >= 0.6 is 0 Å². The summed E-state index contributed by atoms with van der Waals surface area (Å²) >= 11 is 0. The Kier molecular flexibility index (Phi) is 3.87. The van der Waals surface area contributed by atoms with Gasteiger partial charge in [0.15, 0.2) is 5.92 Å². The Hall–Kier alpha value is -2.05. The third kappa shape index (κ3) is 3.26. The van der Waals surface area contributed by atoms with Crippen LogP contribution in [-0.2, 0) is 16.0 Å². The molecule has 0 aliphatic rings. The van der Waals surface area contributed by atoms with Crippen molar-refractivity contribution in [2.24, 2.45) is 5.92 Å². The van der Waals surface area contributed by atoms with Crippen molar-refractivity contribution in [1.29, 1.82) is 0 Å². The van der Waals surface area contributed by atoms with Crippen LogP contribution in [0.3, 0.4) is 0 Å². The van der Waals surface area contributed by atoms with Crippen LogP contribution in [0.2, 0.25) is 0 Å². The average Bonchev–Trinajstić information content (AvgIpc) is 2.57. The quantitative estimate of drug-likeness (QED) is 0.502. The number of aliphatic carboxylic acids is 2. The zero-order valence-corrected chi connectivity index (χ0v) is 8.40. The molecule has 4 N–H and O–H groups in total. The molecule has 0 aromatic carbocycles. The molecule has 0 atom stereocenters. The van der Waals surface area contributed by atoms with Crippen LogP contribution in [0.25, 0.3) is 0 Å². The molecular formula is C9H12N2O5. The van der Waals surface area contributed by atoms with Gasteiger partial charge in [-0.25, -0.2) is 0 Å². The highest BCUT2D eigenvalue weighted by molar-refractivity contribution is 5.92. The molecule has 0 bridgehead atoms. The molecule has 0 aliphatic carbocycles. The van der Waals surface area contributed by atoms with Crippen LogP contribution in [0.5, 0.6) is 0 Å². The highest BCUT2D eigenvalue weighted by Crippen LogP contribution is 2.09. The molecule has 0 saturated heterocycles. The monoisotopic (exact) mass is 228 g/mol. The second-order valence-electron chi connectivity index (χ2n) is 3.41. The molecule has 0 unspecified atom stereocenters. The number of carbonyl (C=O) groups is 2. The zero-order valence-electron chi connectivity index (χ0n) is 8.40. The summed E-state index contributed by atoms with van der Waals surface area (Å²) in [5.74, 6) is -4.06. The first kappa shape index (κ1) is 12.0. The lowest BCUT2D eigenvalue weighted by Crippen LogP contribution is -2.23. The summed E-state index contributed by atoms with van der Waals surface area (Å²) < 4.78 is 0. The van der Waals surface area contributed by atoms with Gasteiger partial charge in [0, 0.05) is 11.8 Å². The van der Waals surface area contributed by atoms with E-state index in [9.17, 15) is 14.4 Å². The van der Waals surface area contributed by atoms with Crippen molar-refractivity contribution in [2.45, 2.75) is 19.3 Å². The molecular weight excluding hydrogens is 216 g/mol. The number of H-pyrrole nitrogens is 2. The fourth-order valence-electron chi connectivity index (χ4n) is 1.36. The molecule has 7 heteroatoms. The van der Waals surface area contributed by atoms with Crippen LogP contribution in [0.4, 0.5) is 0 Å². The number of hydrogen-bond acceptors (Lipinski definition) is 3. The Morgan fingerprint density at radius 2 is 1.88 bits per heavy atom. The van der Waals surface area contributed by atoms with Gasteiger partial charge in [0.2, 0.25) is 0 Å². The Morgan fingerprint density at radius 3 is 2.31 bits per heavy atom. The van der Waals surface area contributed by atoms with E-state index in [1.807, 2.05) is 0 Å². The van der Waals surface area contributed by atoms with Gasteiger partial charge in [-0.3, -0.25) is 19.5 Å². The number of aromatic amines is 2. The number of hydrogen-bond donors (Lipinski definition) is 4. The summed E-state index contributed by atoms with van der Waals surface area (Å²) in [5.41, 5.74) is 0.377. The predicted molar refractivity (Wildman–Crippen MR) is 53.1 cm³/mol. The van der Waals surface area contributed by atoms with Gasteiger partial charge in [-0.2, -0.15) is 0 Å². The van der Waals surface area contributed by atoms with Crippen molar-refractivity contribution in [3.8, 4) is 0 Å². The summed E-state index contributed by atoms with van der Waals surface area (Å²) in [6.07, 6.45) is 0.866. The maximum Gasteiger partial charge on any atom is 0.317 e. The minimum atomic E-state index is -1.38. The van der Waals surface area contributed by atoms with E-state index >= 15 is 0 Å². The SMILES string of the molecule is O=C(O)C(CCCc1cc(=O)[nH][nH]1)C(=O)O. The summed E-state index contributed by atoms with van der Waals surface area (Å²) in [6, 6.07) is 1.36. The fourth-order valence-corrected chi connectivity index (χ4v) is 1.36. The molecule has 16 heavy (non-hydrogen) atoms. The third-order valence-corrected chi connectivity index (χ3v) is 2.19. The first-order valence-electron chi connectivity index (χ1n) is 4.73. The molecule has 88 valence electrons. The molecule has 0 amide bonds. The molecule has 0 saturated carbocycles. The molecule has 1 aromatic heterocycles. The summed E-state index contributed by atoms with van der Waals surface area (Å²) in [7, 11) is 0. The van der Waals surface area contributed by atoms with E-state index in [0.29, 0.717) is 18.5 Å². The summed E-state index contributed by atoms with van der Waals surface area (Å²) in [6.45, 7) is 0. The number of carboxylic acid groups (broad SMARTS) is 2. The van der Waals surface area contributed by atoms with Crippen LogP contribution in [0, 0.1) is 5.92 Å². The number of carboxylic acids is 2. The maximum absolute atomic E-state index is 10.7. The van der Waals surface area contributed by atoms with Gasteiger partial charge in [-0.15, -0.1) is 0 Å².